The Labute approximate surface area is 690 Å². The average molecular weight is 1590 g/mol. The lowest BCUT2D eigenvalue weighted by Gasteiger charge is -2.36. The number of nitrogens with zero attached hydrogens (tertiary/aromatic N) is 13. The van der Waals surface area contributed by atoms with Crippen molar-refractivity contribution in [2.24, 2.45) is 0 Å². The molecule has 0 spiro atoms. The fourth-order valence-electron chi connectivity index (χ4n) is 13.8. The molecule has 14 rings (SSSR count). The van der Waals surface area contributed by atoms with Crippen LogP contribution in [0.3, 0.4) is 0 Å². The van der Waals surface area contributed by atoms with E-state index in [4.69, 9.17) is 9.47 Å². The minimum Gasteiger partial charge on any atom is -0.494 e. The van der Waals surface area contributed by atoms with Gasteiger partial charge in [0, 0.05) is 205 Å². The molecule has 0 bridgehead atoms. The molecule has 3 saturated heterocycles. The van der Waals surface area contributed by atoms with Crippen molar-refractivity contribution in [1.82, 2.24) is 49.5 Å². The lowest BCUT2D eigenvalue weighted by Crippen LogP contribution is -2.46. The van der Waals surface area contributed by atoms with Crippen LogP contribution in [0.15, 0.2) is 231 Å². The van der Waals surface area contributed by atoms with Gasteiger partial charge in [0.25, 0.3) is 0 Å². The second-order valence-corrected chi connectivity index (χ2v) is 30.1. The predicted octanol–water partition coefficient (Wildman–Crippen LogP) is 15.2. The molecule has 0 saturated carbocycles. The van der Waals surface area contributed by atoms with E-state index in [1.165, 1.54) is 74.8 Å². The highest BCUT2D eigenvalue weighted by molar-refractivity contribution is 7.98. The highest BCUT2D eigenvalue weighted by Gasteiger charge is 2.22. The number of anilines is 12. The molecule has 3 aliphatic rings. The van der Waals surface area contributed by atoms with Crippen LogP contribution in [0.1, 0.15) is 55.1 Å². The van der Waals surface area contributed by atoms with Crippen molar-refractivity contribution < 1.29 is 28.7 Å². The summed E-state index contributed by atoms with van der Waals surface area (Å²) in [5.41, 5.74) is 17.1. The van der Waals surface area contributed by atoms with Gasteiger partial charge in [-0.3, -0.25) is 29.1 Å². The van der Waals surface area contributed by atoms with Crippen molar-refractivity contribution in [2.45, 2.75) is 46.7 Å². The molecule has 0 aliphatic carbocycles. The van der Waals surface area contributed by atoms with Crippen molar-refractivity contribution in [3.8, 4) is 39.5 Å². The van der Waals surface area contributed by atoms with E-state index in [1.54, 1.807) is 18.6 Å². The van der Waals surface area contributed by atoms with Gasteiger partial charge in [0.05, 0.1) is 36.4 Å². The zero-order valence-corrected chi connectivity index (χ0v) is 68.6. The summed E-state index contributed by atoms with van der Waals surface area (Å²) in [6.45, 7) is 21.5. The van der Waals surface area contributed by atoms with E-state index in [0.29, 0.717) is 23.4 Å². The largest absolute Gasteiger partial charge is 0.494 e. The minimum absolute atomic E-state index is 0.0868. The molecule has 3 amide bonds. The summed E-state index contributed by atoms with van der Waals surface area (Å²) in [6, 6.07) is 69.8. The van der Waals surface area contributed by atoms with Gasteiger partial charge in [-0.15, -0.1) is 0 Å². The number of nitrogens with one attached hydrogen (secondary N) is 6. The average Bonchev–Trinajstić information content (AvgIpc) is 0.835. The third-order valence-electron chi connectivity index (χ3n) is 20.0. The molecule has 25 nitrogen and oxygen atoms in total. The first-order chi connectivity index (χ1) is 57.0. The molecule has 11 aromatic rings. The molecular formula is C91H105N19O6S. The lowest BCUT2D eigenvalue weighted by molar-refractivity contribution is -0.115. The number of aromatic nitrogens is 6. The number of hydrogen-bond acceptors (Lipinski definition) is 23. The third kappa shape index (κ3) is 26.3. The summed E-state index contributed by atoms with van der Waals surface area (Å²) >= 11 is 1.93. The number of ether oxygens (including phenoxy) is 2. The monoisotopic (exact) mass is 1590 g/mol. The van der Waals surface area contributed by atoms with Gasteiger partial charge in [-0.2, -0.15) is 11.8 Å². The summed E-state index contributed by atoms with van der Waals surface area (Å²) in [7, 11) is 5.56. The predicted molar refractivity (Wildman–Crippen MR) is 474 cm³/mol. The smallest absolute Gasteiger partial charge is 0.337 e. The highest BCUT2D eigenvalue weighted by Crippen LogP contribution is 2.30. The molecule has 0 unspecified atom stereocenters. The summed E-state index contributed by atoms with van der Waals surface area (Å²) in [5, 5.41) is 18.3. The third-order valence-corrected chi connectivity index (χ3v) is 20.7. The van der Waals surface area contributed by atoms with Gasteiger partial charge in [-0.05, 0) is 208 Å². The Morgan fingerprint density at radius 1 is 0.402 bits per heavy atom. The Morgan fingerprint density at radius 2 is 0.735 bits per heavy atom. The number of rotatable bonds is 29. The molecule has 0 radical (unpaired) electrons. The standard InChI is InChI=1S/C34H41N7O2.C31H32N6O3.C26H32N6OS/c1-26(42)36-29-9-7-28(8-10-29)33-17-18-35-34(38-33)37-30-11-13-31(14-12-30)41-22-20-40(21-23-41)25-27-5-15-32(16-6-27)43-24-4-19-39(2)3;1-22(38)33-26-9-7-24(8-10-26)29-15-16-32-31(35-29)34-27-11-13-28(14-12-27)37-19-17-36(18-20-37)21-23-3-5-25(6-4-23)30(39)40-2;1-20(33)28-22-6-4-21(5-7-22)25-12-13-27-26(30-25)29-23-8-10-24(11-9-23)32-17-15-31(16-18-32)14-3-19-34-2/h5-18H,4,19-25H2,1-3H3,(H,36,42)(H,35,37,38);3-16H,17-21H2,1-2H3,(H,33,38)(H,32,34,35);4-13H,3,14-19H2,1-2H3,(H,28,33)(H,27,29,30). The van der Waals surface area contributed by atoms with Crippen LogP contribution in [0.5, 0.6) is 5.75 Å². The number of thioether (sulfide) groups is 1. The fourth-order valence-corrected chi connectivity index (χ4v) is 14.2. The Hall–Kier alpha value is -12.3. The van der Waals surface area contributed by atoms with E-state index in [2.05, 4.69) is 201 Å². The van der Waals surface area contributed by atoms with Crippen LogP contribution in [0, 0.1) is 0 Å². The molecule has 8 aromatic carbocycles. The Morgan fingerprint density at radius 3 is 1.06 bits per heavy atom. The van der Waals surface area contributed by atoms with Gasteiger partial charge in [0.1, 0.15) is 5.75 Å². The number of carbonyl (C=O) groups is 4. The van der Waals surface area contributed by atoms with Crippen molar-refractivity contribution in [2.75, 3.05) is 178 Å². The summed E-state index contributed by atoms with van der Waals surface area (Å²) in [6.07, 6.45) is 9.70. The van der Waals surface area contributed by atoms with Gasteiger partial charge < -0.3 is 61.0 Å². The van der Waals surface area contributed by atoms with Crippen LogP contribution in [0.2, 0.25) is 0 Å². The topological polar surface area (TPSA) is 259 Å². The maximum Gasteiger partial charge on any atom is 0.337 e. The summed E-state index contributed by atoms with van der Waals surface area (Å²) in [4.78, 5) is 89.5. The van der Waals surface area contributed by atoms with Crippen LogP contribution in [-0.4, -0.2) is 205 Å². The van der Waals surface area contributed by atoms with Crippen LogP contribution in [-0.2, 0) is 32.2 Å². The number of piperazine rings is 3. The number of benzene rings is 8. The van der Waals surface area contributed by atoms with Crippen molar-refractivity contribution >= 4 is 104 Å². The van der Waals surface area contributed by atoms with E-state index < -0.39 is 0 Å². The van der Waals surface area contributed by atoms with E-state index in [0.717, 1.165) is 185 Å². The molecule has 3 fully saturated rings. The van der Waals surface area contributed by atoms with E-state index in [-0.39, 0.29) is 23.7 Å². The van der Waals surface area contributed by atoms with Crippen molar-refractivity contribution in [3.63, 3.8) is 0 Å². The molecule has 6 heterocycles. The zero-order chi connectivity index (χ0) is 81.7. The fraction of sp³-hybridized carbons (Fsp3) is 0.297. The quantitative estimate of drug-likeness (QED) is 0.0188. The van der Waals surface area contributed by atoms with Gasteiger partial charge >= 0.3 is 5.97 Å². The number of amides is 3. The minimum atomic E-state index is -0.311. The number of carbonyl (C=O) groups excluding carboxylic acids is 4. The Balaban J connectivity index is 0.000000163. The van der Waals surface area contributed by atoms with Crippen LogP contribution in [0.4, 0.5) is 69.0 Å². The van der Waals surface area contributed by atoms with Crippen molar-refractivity contribution in [1.29, 1.82) is 0 Å². The van der Waals surface area contributed by atoms with Crippen LogP contribution >= 0.6 is 11.8 Å². The number of esters is 1. The van der Waals surface area contributed by atoms with Gasteiger partial charge in [-0.25, -0.2) is 34.7 Å². The SMILES string of the molecule is CC(=O)Nc1ccc(-c2ccnc(Nc3ccc(N4CCN(Cc5ccc(OCCCN(C)C)cc5)CC4)cc3)n2)cc1.COC(=O)c1ccc(CN2CCN(c3ccc(Nc4nccc(-c5ccc(NC(C)=O)cc5)n4)cc3)CC2)cc1.CSCCCN1CCN(c2ccc(Nc3nccc(-c4ccc(NC(C)=O)cc4)n3)cc2)CC1. The molecule has 6 N–H and O–H groups in total. The number of hydrogen-bond donors (Lipinski definition) is 6. The second kappa shape index (κ2) is 42.9. The zero-order valence-electron chi connectivity index (χ0n) is 67.8. The Kier molecular flexibility index (Phi) is 30.8. The Bertz CT molecular complexity index is 4950. The van der Waals surface area contributed by atoms with Gasteiger partial charge in [-0.1, -0.05) is 60.7 Å². The molecule has 3 aliphatic heterocycles. The molecule has 0 atom stereocenters. The van der Waals surface area contributed by atoms with E-state index in [9.17, 15) is 19.2 Å². The van der Waals surface area contributed by atoms with Gasteiger partial charge in [0.2, 0.25) is 35.6 Å². The van der Waals surface area contributed by atoms with E-state index >= 15 is 0 Å². The maximum atomic E-state index is 11.6. The second-order valence-electron chi connectivity index (χ2n) is 29.1. The van der Waals surface area contributed by atoms with E-state index in [1.807, 2.05) is 139 Å². The first kappa shape index (κ1) is 84.1. The molecule has 117 heavy (non-hydrogen) atoms. The summed E-state index contributed by atoms with van der Waals surface area (Å²) in [5.74, 6) is 3.20. The van der Waals surface area contributed by atoms with Crippen LogP contribution < -0.4 is 51.3 Å². The number of methoxy groups -OCH3 is 1. The molecule has 3 aromatic heterocycles. The summed E-state index contributed by atoms with van der Waals surface area (Å²) < 4.78 is 10.6. The maximum absolute atomic E-state index is 11.6. The molecule has 26 heteroatoms. The molecular weight excluding hydrogens is 1490 g/mol. The highest BCUT2D eigenvalue weighted by atomic mass is 32.2. The first-order valence-electron chi connectivity index (χ1n) is 39.7. The first-order valence-corrected chi connectivity index (χ1v) is 41.1. The normalized spacial score (nSPS) is 13.7. The van der Waals surface area contributed by atoms with Crippen molar-refractivity contribution in [3.05, 3.63) is 248 Å². The lowest BCUT2D eigenvalue weighted by atomic mass is 10.1. The van der Waals surface area contributed by atoms with Crippen LogP contribution in [0.25, 0.3) is 33.8 Å². The molecule has 606 valence electrons. The van der Waals surface area contributed by atoms with Gasteiger partial charge in [0.15, 0.2) is 0 Å².